The smallest absolute Gasteiger partial charge is 0.410 e. The van der Waals surface area contributed by atoms with Gasteiger partial charge in [0.15, 0.2) is 6.10 Å². The molecule has 3 fully saturated rings. The number of likely N-dealkylation sites (tertiary alicyclic amines) is 3. The normalized spacial score (nSPS) is 22.5. The zero-order valence-electron chi connectivity index (χ0n) is 26.4. The Hall–Kier alpha value is -3.77. The fourth-order valence-corrected chi connectivity index (χ4v) is 7.39. The Bertz CT molecular complexity index is 1410. The zero-order valence-corrected chi connectivity index (χ0v) is 26.4. The molecule has 3 N–H and O–H groups in total. The van der Waals surface area contributed by atoms with E-state index in [0.29, 0.717) is 63.7 Å². The monoisotopic (exact) mass is 629 g/mol. The second-order valence-corrected chi connectivity index (χ2v) is 13.1. The van der Waals surface area contributed by atoms with Crippen LogP contribution in [0.5, 0.6) is 5.75 Å². The minimum absolute atomic E-state index is 0.00178. The molecular weight excluding hydrogens is 585 g/mol. The van der Waals surface area contributed by atoms with E-state index < -0.39 is 12.2 Å². The maximum absolute atomic E-state index is 13.9. The van der Waals surface area contributed by atoms with Gasteiger partial charge in [-0.05, 0) is 74.8 Å². The first-order chi connectivity index (χ1) is 22.2. The number of urea groups is 1. The van der Waals surface area contributed by atoms with E-state index >= 15 is 0 Å². The lowest BCUT2D eigenvalue weighted by Crippen LogP contribution is -2.53. The maximum atomic E-state index is 13.9. The van der Waals surface area contributed by atoms with Gasteiger partial charge in [0.1, 0.15) is 13.6 Å². The number of hydrogen-bond acceptors (Lipinski definition) is 7. The van der Waals surface area contributed by atoms with Gasteiger partial charge in [-0.3, -0.25) is 9.69 Å². The number of carbonyl (C=O) groups is 3. The summed E-state index contributed by atoms with van der Waals surface area (Å²) in [7, 11) is 5.93. The van der Waals surface area contributed by atoms with Crippen LogP contribution in [0.15, 0.2) is 42.5 Å². The van der Waals surface area contributed by atoms with Gasteiger partial charge < -0.3 is 35.0 Å². The van der Waals surface area contributed by atoms with Crippen LogP contribution in [0.2, 0.25) is 0 Å². The van der Waals surface area contributed by atoms with Crippen LogP contribution in [0.1, 0.15) is 49.7 Å². The van der Waals surface area contributed by atoms with Gasteiger partial charge in [0.2, 0.25) is 0 Å². The number of nitrogens with one attached hydrogen (secondary N) is 1. The van der Waals surface area contributed by atoms with E-state index in [0.717, 1.165) is 49.9 Å². The summed E-state index contributed by atoms with van der Waals surface area (Å²) in [5.74, 6) is -0.286. The van der Waals surface area contributed by atoms with Crippen molar-refractivity contribution in [3.05, 3.63) is 53.6 Å². The average molecular weight is 630 g/mol. The van der Waals surface area contributed by atoms with E-state index in [1.807, 2.05) is 29.2 Å². The summed E-state index contributed by atoms with van der Waals surface area (Å²) in [6, 6.07) is 12.8. The van der Waals surface area contributed by atoms with Crippen LogP contribution in [0.25, 0.3) is 0 Å². The Morgan fingerprint density at radius 1 is 0.935 bits per heavy atom. The zero-order chi connectivity index (χ0) is 32.2. The number of aliphatic hydroxyl groups is 1. The molecule has 2 atom stereocenters. The molecule has 3 saturated heterocycles. The highest BCUT2D eigenvalue weighted by atomic mass is 16.6. The number of β-amino-alcohol motifs (C(OH)–C–C–N with tert-alkyl or cyclic N) is 1. The summed E-state index contributed by atoms with van der Waals surface area (Å²) in [4.78, 5) is 48.0. The number of hydrogen-bond donors (Lipinski definition) is 3. The topological polar surface area (TPSA) is 126 Å². The molecule has 0 bridgehead atoms. The van der Waals surface area contributed by atoms with Gasteiger partial charge in [-0.15, -0.1) is 0 Å². The van der Waals surface area contributed by atoms with Gasteiger partial charge in [-0.2, -0.15) is 0 Å². The number of carbonyl (C=O) groups excluding carboxylic acids is 3. The van der Waals surface area contributed by atoms with Crippen molar-refractivity contribution in [2.75, 3.05) is 51.1 Å². The van der Waals surface area contributed by atoms with Crippen LogP contribution in [0.3, 0.4) is 0 Å². The molecule has 2 aromatic carbocycles. The number of ether oxygens (including phenoxy) is 1. The molecule has 0 saturated carbocycles. The number of para-hydroxylation sites is 1. The third-order valence-corrected chi connectivity index (χ3v) is 10.1. The summed E-state index contributed by atoms with van der Waals surface area (Å²) in [6.45, 7) is 4.18. The van der Waals surface area contributed by atoms with Crippen molar-refractivity contribution in [3.63, 3.8) is 0 Å². The Morgan fingerprint density at radius 2 is 1.65 bits per heavy atom. The largest absolute Gasteiger partial charge is 0.509 e. The summed E-state index contributed by atoms with van der Waals surface area (Å²) < 4.78 is 5.96. The quantitative estimate of drug-likeness (QED) is 0.419. The number of phenolic OH excluding ortho intramolecular Hbond substituents is 1. The average Bonchev–Trinajstić information content (AvgIpc) is 3.24. The lowest BCUT2D eigenvalue weighted by atomic mass is 9.91. The third kappa shape index (κ3) is 7.44. The molecule has 4 aliphatic heterocycles. The van der Waals surface area contributed by atoms with Crippen LogP contribution >= 0.6 is 0 Å². The summed E-state index contributed by atoms with van der Waals surface area (Å²) >= 11 is 0. The lowest BCUT2D eigenvalue weighted by Gasteiger charge is -2.42. The second-order valence-electron chi connectivity index (χ2n) is 13.1. The molecule has 4 heterocycles. The van der Waals surface area contributed by atoms with Crippen molar-refractivity contribution in [2.24, 2.45) is 0 Å². The number of aromatic hydroxyl groups is 1. The fourth-order valence-electron chi connectivity index (χ4n) is 7.39. The predicted molar refractivity (Wildman–Crippen MR) is 174 cm³/mol. The Labute approximate surface area is 271 Å². The van der Waals surface area contributed by atoms with Crippen LogP contribution in [0, 0.1) is 0 Å². The molecule has 0 spiro atoms. The number of aliphatic hydroxyl groups excluding tert-OH is 1. The van der Waals surface area contributed by atoms with Gasteiger partial charge in [0.25, 0.3) is 5.91 Å². The van der Waals surface area contributed by atoms with Crippen molar-refractivity contribution in [3.8, 4) is 5.75 Å². The fraction of sp³-hybridized carbons (Fsp3) is 0.559. The first-order valence-corrected chi connectivity index (χ1v) is 16.6. The number of benzene rings is 2. The maximum Gasteiger partial charge on any atom is 0.410 e. The number of anilines is 1. The Balaban J connectivity index is 1.07. The van der Waals surface area contributed by atoms with Crippen molar-refractivity contribution in [1.82, 2.24) is 19.6 Å². The molecule has 4 amide bonds. The van der Waals surface area contributed by atoms with Crippen molar-refractivity contribution in [1.29, 1.82) is 0 Å². The molecule has 2 radical (unpaired) electrons. The first kappa shape index (κ1) is 32.2. The number of rotatable bonds is 6. The molecular formula is C34H44BN5O6. The molecule has 6 rings (SSSR count). The standard InChI is InChI=1S/C34H44BN5O6/c35-28-20-23(7-8-30(28)42)21-31(32(43)37-15-10-25(11-16-37)39-14-3-5-27(41)22-39)46-34(45)38-17-12-26(13-18-38)40-19-9-24-4-1-2-6-29(24)36-33(40)44/h1-2,4,6-8,20,25-27,31,41-42H,3,5,9-19,21-22H2,(H,36,44)/t27?,31-/m1/s1. The highest BCUT2D eigenvalue weighted by molar-refractivity contribution is 6.34. The van der Waals surface area contributed by atoms with E-state index in [2.05, 4.69) is 10.2 Å². The van der Waals surface area contributed by atoms with Gasteiger partial charge in [0, 0.05) is 63.5 Å². The van der Waals surface area contributed by atoms with Crippen molar-refractivity contribution < 1.29 is 29.3 Å². The number of fused-ring (bicyclic) bond motifs is 1. The van der Waals surface area contributed by atoms with E-state index in [4.69, 9.17) is 12.6 Å². The highest BCUT2D eigenvalue weighted by Gasteiger charge is 2.36. The number of phenols is 1. The number of amides is 4. The minimum Gasteiger partial charge on any atom is -0.509 e. The molecule has 12 heteroatoms. The van der Waals surface area contributed by atoms with Crippen molar-refractivity contribution >= 4 is 37.0 Å². The highest BCUT2D eigenvalue weighted by Crippen LogP contribution is 2.26. The van der Waals surface area contributed by atoms with Gasteiger partial charge in [0.05, 0.1) is 6.10 Å². The molecule has 0 aliphatic carbocycles. The van der Waals surface area contributed by atoms with E-state index in [1.54, 1.807) is 21.9 Å². The predicted octanol–water partition coefficient (Wildman–Crippen LogP) is 2.24. The molecule has 2 aromatic rings. The van der Waals surface area contributed by atoms with E-state index in [-0.39, 0.29) is 41.7 Å². The SMILES string of the molecule is [B]c1cc(C[C@@H](OC(=O)N2CCC(N3CCc4ccccc4NC3=O)CC2)C(=O)N2CCC(N3CCCC(O)C3)CC2)ccc1O. The second kappa shape index (κ2) is 14.3. The van der Waals surface area contributed by atoms with Gasteiger partial charge in [-0.25, -0.2) is 9.59 Å². The summed E-state index contributed by atoms with van der Waals surface area (Å²) in [5, 5.41) is 23.1. The van der Waals surface area contributed by atoms with Crippen LogP contribution in [-0.2, 0) is 22.4 Å². The number of piperidine rings is 3. The summed E-state index contributed by atoms with van der Waals surface area (Å²) in [5.41, 5.74) is 2.84. The molecule has 1 unspecified atom stereocenters. The van der Waals surface area contributed by atoms with Crippen molar-refractivity contribution in [2.45, 2.75) is 75.7 Å². The Kier molecular flexibility index (Phi) is 10.0. The lowest BCUT2D eigenvalue weighted by molar-refractivity contribution is -0.142. The van der Waals surface area contributed by atoms with Crippen LogP contribution in [-0.4, -0.2) is 126 Å². The molecule has 0 aromatic heterocycles. The molecule has 46 heavy (non-hydrogen) atoms. The molecule has 4 aliphatic rings. The van der Waals surface area contributed by atoms with E-state index in [1.165, 1.54) is 6.07 Å². The summed E-state index contributed by atoms with van der Waals surface area (Å²) in [6.07, 6.45) is 3.66. The number of nitrogens with zero attached hydrogens (tertiary/aromatic N) is 4. The minimum atomic E-state index is -1.04. The van der Waals surface area contributed by atoms with E-state index in [9.17, 15) is 24.6 Å². The first-order valence-electron chi connectivity index (χ1n) is 16.6. The third-order valence-electron chi connectivity index (χ3n) is 10.1. The molecule has 244 valence electrons. The van der Waals surface area contributed by atoms with Crippen LogP contribution < -0.4 is 10.8 Å². The Morgan fingerprint density at radius 3 is 2.39 bits per heavy atom. The van der Waals surface area contributed by atoms with Gasteiger partial charge in [-0.1, -0.05) is 35.8 Å². The van der Waals surface area contributed by atoms with Crippen LogP contribution in [0.4, 0.5) is 15.3 Å². The molecule has 11 nitrogen and oxygen atoms in total. The van der Waals surface area contributed by atoms with Gasteiger partial charge >= 0.3 is 12.1 Å².